The van der Waals surface area contributed by atoms with Crippen LogP contribution in [0.5, 0.6) is 0 Å². The average Bonchev–Trinajstić information content (AvgIpc) is 3.34. The first kappa shape index (κ1) is 64.3. The van der Waals surface area contributed by atoms with Gasteiger partial charge in [-0.15, -0.1) is 0 Å². The van der Waals surface area contributed by atoms with Crippen LogP contribution >= 0.6 is 30.4 Å². The van der Waals surface area contributed by atoms with Gasteiger partial charge in [-0.3, -0.25) is 57.0 Å². The second-order valence-electron chi connectivity index (χ2n) is 18.3. The van der Waals surface area contributed by atoms with Crippen molar-refractivity contribution in [1.82, 2.24) is 19.6 Å². The van der Waals surface area contributed by atoms with Gasteiger partial charge in [0.15, 0.2) is 0 Å². The fraction of sp³-hybridized carbons (Fsp3) is 0.391. The predicted octanol–water partition coefficient (Wildman–Crippen LogP) is 6.60. The topological polar surface area (TPSA) is 311 Å². The normalized spacial score (nSPS) is 16.6. The van der Waals surface area contributed by atoms with Gasteiger partial charge < -0.3 is 39.1 Å². The average molecular weight is 1190 g/mol. The highest BCUT2D eigenvalue weighted by atomic mass is 31.2. The van der Waals surface area contributed by atoms with E-state index in [4.69, 9.17) is 0 Å². The van der Waals surface area contributed by atoms with Gasteiger partial charge in [0, 0.05) is 74.6 Å². The third-order valence-electron chi connectivity index (χ3n) is 12.3. The molecule has 1 saturated heterocycles. The lowest BCUT2D eigenvalue weighted by atomic mass is 10.1. The van der Waals surface area contributed by atoms with Crippen molar-refractivity contribution in [2.45, 2.75) is 61.7 Å². The van der Waals surface area contributed by atoms with Gasteiger partial charge in [0.1, 0.15) is 0 Å². The molecule has 0 atom stereocenters. The van der Waals surface area contributed by atoms with Crippen LogP contribution in [0.3, 0.4) is 0 Å². The van der Waals surface area contributed by atoms with Crippen molar-refractivity contribution >= 4 is 53.5 Å². The number of rotatable bonds is 20. The molecule has 4 aromatic rings. The van der Waals surface area contributed by atoms with E-state index in [0.29, 0.717) is 0 Å². The molecule has 0 aromatic heterocycles. The second kappa shape index (κ2) is 25.1. The van der Waals surface area contributed by atoms with Crippen molar-refractivity contribution in [3.8, 4) is 0 Å². The SMILES string of the molecule is O=C(c1cccc(CN2CCCN(Cc3cccc(C(=O)C(F)(F)P(=O)(O)O)c3)CCN(Cc3cccc(C(=O)C(F)(F)P(=O)(O)O)c3)CCCN(Cc3cccc(C(=O)C(F)(F)P(=O)(O)O)c3)CC2)c1)C(F)(F)P(=O)(O)O. The molecule has 78 heavy (non-hydrogen) atoms. The maximum Gasteiger partial charge on any atom is 0.407 e. The molecule has 1 aliphatic heterocycles. The number of carbonyl (C=O) groups excluding carboxylic acids is 4. The van der Waals surface area contributed by atoms with Crippen LogP contribution in [0.15, 0.2) is 97.1 Å². The summed E-state index contributed by atoms with van der Waals surface area (Å²) in [5.74, 6) is -8.64. The zero-order chi connectivity index (χ0) is 58.5. The van der Waals surface area contributed by atoms with Crippen LogP contribution in [0.1, 0.15) is 76.5 Å². The van der Waals surface area contributed by atoms with E-state index in [-0.39, 0.29) is 114 Å². The third kappa shape index (κ3) is 15.9. The lowest BCUT2D eigenvalue weighted by Gasteiger charge is -2.32. The van der Waals surface area contributed by atoms with E-state index in [1.54, 1.807) is 19.6 Å². The summed E-state index contributed by atoms with van der Waals surface area (Å²) in [4.78, 5) is 132. The second-order valence-corrected chi connectivity index (χ2v) is 24.9. The van der Waals surface area contributed by atoms with Crippen LogP contribution in [-0.2, 0) is 44.4 Å². The maximum atomic E-state index is 14.6. The quantitative estimate of drug-likeness (QED) is 0.0262. The molecule has 20 nitrogen and oxygen atoms in total. The van der Waals surface area contributed by atoms with Crippen molar-refractivity contribution in [3.63, 3.8) is 0 Å². The number of benzene rings is 4. The van der Waals surface area contributed by atoms with E-state index in [0.717, 1.165) is 48.5 Å². The number of hydrogen-bond donors (Lipinski definition) is 8. The van der Waals surface area contributed by atoms with Crippen LogP contribution < -0.4 is 0 Å². The number of carbonyl (C=O) groups is 4. The predicted molar refractivity (Wildman–Crippen MR) is 261 cm³/mol. The number of alkyl halides is 8. The van der Waals surface area contributed by atoms with Gasteiger partial charge in [0.2, 0.25) is 23.1 Å². The van der Waals surface area contributed by atoms with Crippen molar-refractivity contribution in [2.24, 2.45) is 0 Å². The monoisotopic (exact) mass is 1190 g/mol. The molecule has 0 unspecified atom stereocenters. The van der Waals surface area contributed by atoms with Crippen LogP contribution in [-0.4, -0.2) is 157 Å². The zero-order valence-electron chi connectivity index (χ0n) is 40.6. The molecule has 0 saturated carbocycles. The third-order valence-corrected chi connectivity index (χ3v) is 16.0. The summed E-state index contributed by atoms with van der Waals surface area (Å²) in [6.45, 7) is 0.381. The summed E-state index contributed by atoms with van der Waals surface area (Å²) in [7, 11) is -25.1. The smallest absolute Gasteiger partial charge is 0.320 e. The molecule has 0 spiro atoms. The van der Waals surface area contributed by atoms with Gasteiger partial charge in [0.25, 0.3) is 0 Å². The molecule has 8 N–H and O–H groups in total. The number of halogens is 8. The Morgan fingerprint density at radius 1 is 0.346 bits per heavy atom. The van der Waals surface area contributed by atoms with Crippen LogP contribution in [0.25, 0.3) is 0 Å². The summed E-state index contributed by atoms with van der Waals surface area (Å²) in [5.41, 5.74) is -22.4. The largest absolute Gasteiger partial charge is 0.407 e. The fourth-order valence-electron chi connectivity index (χ4n) is 8.18. The molecule has 1 fully saturated rings. The van der Waals surface area contributed by atoms with E-state index >= 15 is 0 Å². The van der Waals surface area contributed by atoms with Crippen molar-refractivity contribution in [3.05, 3.63) is 142 Å². The van der Waals surface area contributed by atoms with Crippen LogP contribution in [0.4, 0.5) is 35.1 Å². The molecule has 0 bridgehead atoms. The Morgan fingerprint density at radius 2 is 0.526 bits per heavy atom. The van der Waals surface area contributed by atoms with Gasteiger partial charge >= 0.3 is 53.0 Å². The molecule has 1 heterocycles. The molecule has 1 aliphatic rings. The first-order valence-electron chi connectivity index (χ1n) is 23.0. The van der Waals surface area contributed by atoms with Crippen molar-refractivity contribution in [2.75, 3.05) is 52.4 Å². The van der Waals surface area contributed by atoms with Crippen molar-refractivity contribution < 1.29 is 112 Å². The minimum Gasteiger partial charge on any atom is -0.320 e. The summed E-state index contributed by atoms with van der Waals surface area (Å²) in [6, 6.07) is 18.3. The van der Waals surface area contributed by atoms with E-state index in [2.05, 4.69) is 0 Å². The number of hydrogen-bond acceptors (Lipinski definition) is 12. The zero-order valence-corrected chi connectivity index (χ0v) is 44.2. The molecule has 428 valence electrons. The maximum absolute atomic E-state index is 14.6. The van der Waals surface area contributed by atoms with Crippen LogP contribution in [0, 0.1) is 0 Å². The minimum atomic E-state index is -6.27. The Balaban J connectivity index is 1.53. The van der Waals surface area contributed by atoms with Gasteiger partial charge in [-0.05, 0) is 85.5 Å². The molecule has 32 heteroatoms. The van der Waals surface area contributed by atoms with Gasteiger partial charge in [-0.1, -0.05) is 72.8 Å². The summed E-state index contributed by atoms with van der Waals surface area (Å²) in [5, 5.41) is 0. The minimum absolute atomic E-state index is 0.0768. The molecule has 5 rings (SSSR count). The molecule has 0 amide bonds. The van der Waals surface area contributed by atoms with Gasteiger partial charge in [-0.25, -0.2) is 0 Å². The van der Waals surface area contributed by atoms with E-state index in [1.807, 2.05) is 0 Å². The Morgan fingerprint density at radius 3 is 0.692 bits per heavy atom. The lowest BCUT2D eigenvalue weighted by Crippen LogP contribution is -2.40. The molecule has 0 aliphatic carbocycles. The Bertz CT molecular complexity index is 2660. The first-order valence-corrected chi connectivity index (χ1v) is 29.5. The highest BCUT2D eigenvalue weighted by molar-refractivity contribution is 7.55. The van der Waals surface area contributed by atoms with Crippen molar-refractivity contribution in [1.29, 1.82) is 0 Å². The molecular formula is C46H52F8N4O16P4. The molecular weight excluding hydrogens is 1140 g/mol. The highest BCUT2D eigenvalue weighted by Crippen LogP contribution is 2.57. The summed E-state index contributed by atoms with van der Waals surface area (Å²) < 4.78 is 163. The van der Waals surface area contributed by atoms with E-state index < -0.39 is 98.4 Å². The van der Waals surface area contributed by atoms with E-state index in [9.17, 15) is 112 Å². The highest BCUT2D eigenvalue weighted by Gasteiger charge is 2.58. The summed E-state index contributed by atoms with van der Waals surface area (Å²) >= 11 is 0. The Hall–Kier alpha value is -4.56. The summed E-state index contributed by atoms with van der Waals surface area (Å²) in [6.07, 6.45) is 0.416. The number of ketones is 4. The van der Waals surface area contributed by atoms with Gasteiger partial charge in [0.05, 0.1) is 0 Å². The Labute approximate surface area is 439 Å². The first-order chi connectivity index (χ1) is 35.9. The molecule has 4 aromatic carbocycles. The van der Waals surface area contributed by atoms with Crippen LogP contribution in [0.2, 0.25) is 0 Å². The fourth-order valence-corrected chi connectivity index (χ4v) is 9.76. The molecule has 0 radical (unpaired) electrons. The standard InChI is InChI=1S/C46H52F8N4O16P4/c47-43(48,75(63,64)65)39(59)35-11-1-7-31(23-35)27-55-15-5-16-57(29-33-9-3-13-37(25-33)41(61)45(51,52)77(69,70)71)21-22-58(30-34-10-4-14-38(26-34)42(62)46(53,54)78(72,73)74)18-6-17-56(20-19-55)28-32-8-2-12-36(24-32)40(60)44(49,50)76(66,67)68/h1-4,7-14,23-26H,5-6,15-22,27-30H2,(H2,63,64,65)(H2,66,67,68)(H2,69,70,71)(H2,72,73,74). The van der Waals surface area contributed by atoms with E-state index in [1.165, 1.54) is 48.5 Å². The van der Waals surface area contributed by atoms with Gasteiger partial charge in [-0.2, -0.15) is 35.1 Å². The lowest BCUT2D eigenvalue weighted by molar-refractivity contribution is 0.0408. The number of nitrogens with zero attached hydrogens (tertiary/aromatic N) is 4. The Kier molecular flexibility index (Phi) is 20.7. The number of Topliss-reactive ketones (excluding diaryl/α,β-unsaturated/α-hetero) is 4.